The Hall–Kier alpha value is -0.380. The minimum atomic E-state index is -0.0985. The minimum absolute atomic E-state index is 0.0985. The molecule has 1 aliphatic carbocycles. The van der Waals surface area contributed by atoms with Crippen molar-refractivity contribution in [3.63, 3.8) is 0 Å². The second-order valence-electron chi connectivity index (χ2n) is 9.36. The lowest BCUT2D eigenvalue weighted by Crippen LogP contribution is -2.64. The second kappa shape index (κ2) is 3.99. The zero-order valence-corrected chi connectivity index (χ0v) is 14.3. The maximum Gasteiger partial charge on any atom is 0.120 e. The summed E-state index contributed by atoms with van der Waals surface area (Å²) in [6.45, 7) is 10.7. The van der Waals surface area contributed by atoms with Gasteiger partial charge in [-0.3, -0.25) is 4.90 Å². The van der Waals surface area contributed by atoms with E-state index in [0.29, 0.717) is 18.1 Å². The van der Waals surface area contributed by atoms with Gasteiger partial charge in [0, 0.05) is 23.4 Å². The summed E-state index contributed by atoms with van der Waals surface area (Å²) in [5.74, 6) is 1.47. The van der Waals surface area contributed by atoms with Crippen LogP contribution in [0.15, 0.2) is 12.2 Å². The second-order valence-corrected chi connectivity index (χ2v) is 9.36. The molecule has 0 radical (unpaired) electrons. The van der Waals surface area contributed by atoms with Gasteiger partial charge < -0.3 is 9.47 Å². The summed E-state index contributed by atoms with van der Waals surface area (Å²) in [5, 5.41) is 0. The van der Waals surface area contributed by atoms with Gasteiger partial charge in [0.2, 0.25) is 0 Å². The Morgan fingerprint density at radius 2 is 2.00 bits per heavy atom. The van der Waals surface area contributed by atoms with Crippen molar-refractivity contribution in [2.45, 2.75) is 83.0 Å². The molecule has 0 unspecified atom stereocenters. The molecule has 0 aromatic carbocycles. The fraction of sp³-hybridized carbons (Fsp3) is 0.895. The SMILES string of the molecule is C[C@@H]1CC[C@@H]2[C@@H](C1)O[C@@H]1N(C[C@@]34C=C[C@H](C[C@@]13C)O4)C2(C)C. The third kappa shape index (κ3) is 1.44. The molecular formula is C19H29NO2. The first-order valence-electron chi connectivity index (χ1n) is 9.15. The fourth-order valence-corrected chi connectivity index (χ4v) is 6.29. The molecule has 7 atom stereocenters. The smallest absolute Gasteiger partial charge is 0.120 e. The lowest BCUT2D eigenvalue weighted by molar-refractivity contribution is -0.243. The van der Waals surface area contributed by atoms with Gasteiger partial charge in [0.15, 0.2) is 0 Å². The van der Waals surface area contributed by atoms with Gasteiger partial charge in [-0.05, 0) is 39.0 Å². The Labute approximate surface area is 134 Å². The van der Waals surface area contributed by atoms with Gasteiger partial charge in [-0.15, -0.1) is 0 Å². The van der Waals surface area contributed by atoms with Crippen LogP contribution in [0.5, 0.6) is 0 Å². The summed E-state index contributed by atoms with van der Waals surface area (Å²) in [6.07, 6.45) is 10.6. The Kier molecular flexibility index (Phi) is 2.54. The van der Waals surface area contributed by atoms with Crippen molar-refractivity contribution >= 4 is 0 Å². The van der Waals surface area contributed by atoms with Crippen LogP contribution in [0.3, 0.4) is 0 Å². The standard InChI is InChI=1S/C19H29NO2/c1-12-5-6-14-15(9-12)21-16-18(4)10-13-7-8-19(18,22-13)11-20(16)17(14,2)3/h7-8,12-16H,5-6,9-11H2,1-4H3/t12-,13-,14-,15-,16+,18+,19+/m1/s1. The van der Waals surface area contributed by atoms with E-state index in [2.05, 4.69) is 44.7 Å². The zero-order valence-electron chi connectivity index (χ0n) is 14.3. The van der Waals surface area contributed by atoms with Gasteiger partial charge >= 0.3 is 0 Å². The summed E-state index contributed by atoms with van der Waals surface area (Å²) in [6, 6.07) is 0. The Morgan fingerprint density at radius 1 is 1.18 bits per heavy atom. The van der Waals surface area contributed by atoms with Gasteiger partial charge in [-0.25, -0.2) is 0 Å². The lowest BCUT2D eigenvalue weighted by atomic mass is 9.68. The summed E-state index contributed by atoms with van der Waals surface area (Å²) in [7, 11) is 0. The molecule has 3 saturated heterocycles. The van der Waals surface area contributed by atoms with Crippen LogP contribution in [0.2, 0.25) is 0 Å². The first-order valence-corrected chi connectivity index (χ1v) is 9.15. The zero-order chi connectivity index (χ0) is 15.3. The first kappa shape index (κ1) is 14.0. The van der Waals surface area contributed by atoms with E-state index in [9.17, 15) is 0 Å². The molecule has 3 nitrogen and oxygen atoms in total. The summed E-state index contributed by atoms with van der Waals surface area (Å²) >= 11 is 0. The van der Waals surface area contributed by atoms with Crippen LogP contribution in [0.25, 0.3) is 0 Å². The van der Waals surface area contributed by atoms with E-state index in [4.69, 9.17) is 9.47 Å². The largest absolute Gasteiger partial charge is 0.362 e. The van der Waals surface area contributed by atoms with Crippen molar-refractivity contribution in [3.05, 3.63) is 12.2 Å². The van der Waals surface area contributed by atoms with Crippen LogP contribution < -0.4 is 0 Å². The highest BCUT2D eigenvalue weighted by Crippen LogP contribution is 2.63. The van der Waals surface area contributed by atoms with E-state index in [1.807, 2.05) is 0 Å². The lowest BCUT2D eigenvalue weighted by Gasteiger charge is -2.57. The van der Waals surface area contributed by atoms with Crippen LogP contribution in [-0.4, -0.2) is 41.0 Å². The average molecular weight is 303 g/mol. The fourth-order valence-electron chi connectivity index (χ4n) is 6.29. The normalized spacial score (nSPS) is 58.5. The molecule has 122 valence electrons. The molecule has 3 heteroatoms. The molecule has 4 aliphatic heterocycles. The molecular weight excluding hydrogens is 274 g/mol. The molecule has 0 amide bonds. The highest BCUT2D eigenvalue weighted by molar-refractivity contribution is 5.31. The number of hydrogen-bond donors (Lipinski definition) is 0. The number of ether oxygens (including phenoxy) is 2. The van der Waals surface area contributed by atoms with E-state index < -0.39 is 0 Å². The van der Waals surface area contributed by atoms with Crippen LogP contribution in [-0.2, 0) is 9.47 Å². The molecule has 4 heterocycles. The van der Waals surface area contributed by atoms with Crippen LogP contribution in [0.1, 0.15) is 53.4 Å². The van der Waals surface area contributed by atoms with Crippen molar-refractivity contribution in [2.24, 2.45) is 17.3 Å². The molecule has 0 aromatic heterocycles. The quantitative estimate of drug-likeness (QED) is 0.641. The Bertz CT molecular complexity index is 544. The van der Waals surface area contributed by atoms with Crippen LogP contribution in [0.4, 0.5) is 0 Å². The molecule has 1 spiro atoms. The van der Waals surface area contributed by atoms with Gasteiger partial charge in [-0.1, -0.05) is 32.4 Å². The van der Waals surface area contributed by atoms with E-state index >= 15 is 0 Å². The van der Waals surface area contributed by atoms with Crippen molar-refractivity contribution in [1.82, 2.24) is 4.90 Å². The molecule has 0 N–H and O–H groups in total. The van der Waals surface area contributed by atoms with E-state index in [-0.39, 0.29) is 22.8 Å². The third-order valence-electron chi connectivity index (χ3n) is 7.77. The first-order chi connectivity index (χ1) is 10.4. The molecule has 0 aromatic rings. The molecule has 4 fully saturated rings. The number of fused-ring (bicyclic) bond motifs is 4. The average Bonchev–Trinajstić information content (AvgIpc) is 3.03. The maximum atomic E-state index is 6.80. The predicted molar refractivity (Wildman–Crippen MR) is 85.4 cm³/mol. The predicted octanol–water partition coefficient (Wildman–Crippen LogP) is 3.35. The van der Waals surface area contributed by atoms with Crippen LogP contribution >= 0.6 is 0 Å². The van der Waals surface area contributed by atoms with Crippen molar-refractivity contribution in [3.8, 4) is 0 Å². The Balaban J connectivity index is 1.56. The van der Waals surface area contributed by atoms with Crippen molar-refractivity contribution in [2.75, 3.05) is 6.54 Å². The Morgan fingerprint density at radius 3 is 2.77 bits per heavy atom. The number of rotatable bonds is 0. The molecule has 22 heavy (non-hydrogen) atoms. The number of hydrogen-bond acceptors (Lipinski definition) is 3. The summed E-state index contributed by atoms with van der Waals surface area (Å²) < 4.78 is 13.2. The van der Waals surface area contributed by atoms with Gasteiger partial charge in [-0.2, -0.15) is 0 Å². The monoisotopic (exact) mass is 303 g/mol. The van der Waals surface area contributed by atoms with Gasteiger partial charge in [0.25, 0.3) is 0 Å². The van der Waals surface area contributed by atoms with Gasteiger partial charge in [0.1, 0.15) is 11.8 Å². The van der Waals surface area contributed by atoms with Gasteiger partial charge in [0.05, 0.1) is 12.2 Å². The minimum Gasteiger partial charge on any atom is -0.362 e. The number of nitrogens with zero attached hydrogens (tertiary/aromatic N) is 1. The van der Waals surface area contributed by atoms with E-state index in [0.717, 1.165) is 18.9 Å². The molecule has 2 bridgehead atoms. The molecule has 1 saturated carbocycles. The van der Waals surface area contributed by atoms with Crippen LogP contribution in [0, 0.1) is 17.3 Å². The summed E-state index contributed by atoms with van der Waals surface area (Å²) in [5.41, 5.74) is 0.235. The third-order valence-corrected chi connectivity index (χ3v) is 7.77. The molecule has 5 aliphatic rings. The topological polar surface area (TPSA) is 21.7 Å². The highest BCUT2D eigenvalue weighted by atomic mass is 16.6. The van der Waals surface area contributed by atoms with E-state index in [1.165, 1.54) is 19.3 Å². The highest BCUT2D eigenvalue weighted by Gasteiger charge is 2.72. The molecule has 5 rings (SSSR count). The van der Waals surface area contributed by atoms with Crippen molar-refractivity contribution in [1.29, 1.82) is 0 Å². The maximum absolute atomic E-state index is 6.80. The van der Waals surface area contributed by atoms with Crippen molar-refractivity contribution < 1.29 is 9.47 Å². The summed E-state index contributed by atoms with van der Waals surface area (Å²) in [4.78, 5) is 2.65. The van der Waals surface area contributed by atoms with E-state index in [1.54, 1.807) is 0 Å².